The molecule has 1 atom stereocenters. The molecule has 0 bridgehead atoms. The Bertz CT molecular complexity index is 887. The summed E-state index contributed by atoms with van der Waals surface area (Å²) in [6, 6.07) is 9.59. The molecule has 2 aromatic rings. The standard InChI is InChI=1S/C16H14Cl3NO4S/c1-10(16(21)24-9-11-3-2-4-12(17)7-11)20-25(22,23)13-5-6-14(18)15(19)8-13/h2-8,10,20H,9H2,1H3/t10-/m0/s1. The zero-order valence-electron chi connectivity index (χ0n) is 13.0. The van der Waals surface area contributed by atoms with Crippen molar-refractivity contribution < 1.29 is 17.9 Å². The van der Waals surface area contributed by atoms with E-state index in [2.05, 4.69) is 4.72 Å². The van der Waals surface area contributed by atoms with Gasteiger partial charge < -0.3 is 4.74 Å². The lowest BCUT2D eigenvalue weighted by molar-refractivity contribution is -0.146. The maximum atomic E-state index is 12.3. The first kappa shape index (κ1) is 20.0. The van der Waals surface area contributed by atoms with E-state index in [4.69, 9.17) is 39.5 Å². The van der Waals surface area contributed by atoms with Crippen LogP contribution in [-0.4, -0.2) is 20.4 Å². The fourth-order valence-corrected chi connectivity index (χ4v) is 3.69. The maximum Gasteiger partial charge on any atom is 0.324 e. The van der Waals surface area contributed by atoms with Crippen LogP contribution in [0.15, 0.2) is 47.4 Å². The van der Waals surface area contributed by atoms with E-state index in [1.165, 1.54) is 25.1 Å². The zero-order chi connectivity index (χ0) is 18.6. The number of halogens is 3. The normalized spacial score (nSPS) is 12.6. The van der Waals surface area contributed by atoms with E-state index in [9.17, 15) is 13.2 Å². The van der Waals surface area contributed by atoms with Gasteiger partial charge in [0.2, 0.25) is 10.0 Å². The van der Waals surface area contributed by atoms with Gasteiger partial charge in [0.15, 0.2) is 0 Å². The Labute approximate surface area is 160 Å². The molecule has 0 aliphatic rings. The molecule has 0 saturated carbocycles. The van der Waals surface area contributed by atoms with Gasteiger partial charge in [-0.3, -0.25) is 4.79 Å². The van der Waals surface area contributed by atoms with Crippen LogP contribution < -0.4 is 4.72 Å². The molecule has 0 aromatic heterocycles. The lowest BCUT2D eigenvalue weighted by Crippen LogP contribution is -2.39. The number of hydrogen-bond acceptors (Lipinski definition) is 4. The van der Waals surface area contributed by atoms with E-state index >= 15 is 0 Å². The number of hydrogen-bond donors (Lipinski definition) is 1. The van der Waals surface area contributed by atoms with Gasteiger partial charge in [-0.05, 0) is 42.8 Å². The van der Waals surface area contributed by atoms with E-state index in [1.807, 2.05) is 0 Å². The fraction of sp³-hybridized carbons (Fsp3) is 0.188. The lowest BCUT2D eigenvalue weighted by atomic mass is 10.2. The van der Waals surface area contributed by atoms with E-state index in [1.54, 1.807) is 24.3 Å². The highest BCUT2D eigenvalue weighted by molar-refractivity contribution is 7.89. The molecule has 25 heavy (non-hydrogen) atoms. The molecule has 0 spiro atoms. The number of nitrogens with one attached hydrogen (secondary N) is 1. The van der Waals surface area contributed by atoms with Gasteiger partial charge in [-0.2, -0.15) is 4.72 Å². The molecule has 5 nitrogen and oxygen atoms in total. The topological polar surface area (TPSA) is 72.5 Å². The average Bonchev–Trinajstić information content (AvgIpc) is 2.54. The monoisotopic (exact) mass is 421 g/mol. The van der Waals surface area contributed by atoms with Crippen LogP contribution in [0.2, 0.25) is 15.1 Å². The highest BCUT2D eigenvalue weighted by Gasteiger charge is 2.23. The molecule has 1 N–H and O–H groups in total. The molecule has 2 aromatic carbocycles. The Morgan fingerprint density at radius 2 is 1.84 bits per heavy atom. The summed E-state index contributed by atoms with van der Waals surface area (Å²) < 4.78 is 31.9. The third kappa shape index (κ3) is 5.59. The van der Waals surface area contributed by atoms with Crippen molar-refractivity contribution in [3.05, 3.63) is 63.1 Å². The molecule has 0 unspecified atom stereocenters. The summed E-state index contributed by atoms with van der Waals surface area (Å²) in [5.74, 6) is -0.719. The molecular formula is C16H14Cl3NO4S. The summed E-state index contributed by atoms with van der Waals surface area (Å²) in [5, 5.41) is 0.845. The molecule has 0 aliphatic carbocycles. The Balaban J connectivity index is 2.00. The van der Waals surface area contributed by atoms with Crippen molar-refractivity contribution in [1.29, 1.82) is 0 Å². The van der Waals surface area contributed by atoms with Crippen LogP contribution in [0.5, 0.6) is 0 Å². The molecule has 0 radical (unpaired) electrons. The van der Waals surface area contributed by atoms with Gasteiger partial charge in [0, 0.05) is 5.02 Å². The average molecular weight is 423 g/mol. The summed E-state index contributed by atoms with van der Waals surface area (Å²) in [5.41, 5.74) is 0.695. The molecule has 0 heterocycles. The van der Waals surface area contributed by atoms with Gasteiger partial charge in [-0.25, -0.2) is 8.42 Å². The Morgan fingerprint density at radius 3 is 2.48 bits per heavy atom. The predicted octanol–water partition coefficient (Wildman–Crippen LogP) is 4.06. The van der Waals surface area contributed by atoms with Crippen LogP contribution in [0.25, 0.3) is 0 Å². The number of rotatable bonds is 6. The number of ether oxygens (including phenoxy) is 1. The minimum atomic E-state index is -3.95. The summed E-state index contributed by atoms with van der Waals surface area (Å²) in [7, 11) is -3.95. The van der Waals surface area contributed by atoms with E-state index in [0.29, 0.717) is 10.6 Å². The quantitative estimate of drug-likeness (QED) is 0.713. The van der Waals surface area contributed by atoms with Crippen molar-refractivity contribution >= 4 is 50.8 Å². The van der Waals surface area contributed by atoms with Gasteiger partial charge in [-0.1, -0.05) is 46.9 Å². The minimum absolute atomic E-state index is 0.0156. The zero-order valence-corrected chi connectivity index (χ0v) is 16.1. The fourth-order valence-electron chi connectivity index (χ4n) is 1.90. The summed E-state index contributed by atoms with van der Waals surface area (Å²) in [6.45, 7) is 1.37. The molecule has 0 saturated heterocycles. The van der Waals surface area contributed by atoms with E-state index < -0.39 is 22.0 Å². The molecule has 0 aliphatic heterocycles. The second-order valence-corrected chi connectivity index (χ2v) is 8.12. The molecule has 134 valence electrons. The highest BCUT2D eigenvalue weighted by Crippen LogP contribution is 2.24. The molecule has 0 fully saturated rings. The predicted molar refractivity (Wildman–Crippen MR) is 97.5 cm³/mol. The first-order valence-electron chi connectivity index (χ1n) is 7.07. The van der Waals surface area contributed by atoms with Gasteiger partial charge in [0.1, 0.15) is 12.6 Å². The second kappa shape index (κ2) is 8.38. The SMILES string of the molecule is C[C@H](NS(=O)(=O)c1ccc(Cl)c(Cl)c1)C(=O)OCc1cccc(Cl)c1. The van der Waals surface area contributed by atoms with Crippen LogP contribution in [-0.2, 0) is 26.2 Å². The summed E-state index contributed by atoms with van der Waals surface area (Å²) >= 11 is 17.4. The van der Waals surface area contributed by atoms with E-state index in [-0.39, 0.29) is 21.5 Å². The minimum Gasteiger partial charge on any atom is -0.460 e. The van der Waals surface area contributed by atoms with Gasteiger partial charge in [-0.15, -0.1) is 0 Å². The second-order valence-electron chi connectivity index (χ2n) is 5.16. The number of carbonyl (C=O) groups excluding carboxylic acids is 1. The van der Waals surface area contributed by atoms with Gasteiger partial charge in [0.05, 0.1) is 14.9 Å². The third-order valence-electron chi connectivity index (χ3n) is 3.16. The number of sulfonamides is 1. The molecular weight excluding hydrogens is 409 g/mol. The highest BCUT2D eigenvalue weighted by atomic mass is 35.5. The van der Waals surface area contributed by atoms with Gasteiger partial charge in [0.25, 0.3) is 0 Å². The van der Waals surface area contributed by atoms with E-state index in [0.717, 1.165) is 0 Å². The smallest absolute Gasteiger partial charge is 0.324 e. The molecule has 2 rings (SSSR count). The van der Waals surface area contributed by atoms with Gasteiger partial charge >= 0.3 is 5.97 Å². The third-order valence-corrected chi connectivity index (χ3v) is 5.67. The Kier molecular flexibility index (Phi) is 6.71. The first-order valence-corrected chi connectivity index (χ1v) is 9.69. The maximum absolute atomic E-state index is 12.3. The first-order chi connectivity index (χ1) is 11.7. The number of carbonyl (C=O) groups is 1. The van der Waals surface area contributed by atoms with Crippen LogP contribution in [0.3, 0.4) is 0 Å². The van der Waals surface area contributed by atoms with Crippen LogP contribution in [0, 0.1) is 0 Å². The lowest BCUT2D eigenvalue weighted by Gasteiger charge is -2.14. The van der Waals surface area contributed by atoms with Crippen LogP contribution >= 0.6 is 34.8 Å². The van der Waals surface area contributed by atoms with Crippen molar-refractivity contribution in [2.24, 2.45) is 0 Å². The summed E-state index contributed by atoms with van der Waals surface area (Å²) in [6.07, 6.45) is 0. The Morgan fingerprint density at radius 1 is 1.12 bits per heavy atom. The van der Waals surface area contributed by atoms with Crippen molar-refractivity contribution in [1.82, 2.24) is 4.72 Å². The summed E-state index contributed by atoms with van der Waals surface area (Å²) in [4.78, 5) is 11.9. The van der Waals surface area contributed by atoms with Crippen molar-refractivity contribution in [2.45, 2.75) is 24.5 Å². The van der Waals surface area contributed by atoms with Crippen LogP contribution in [0.1, 0.15) is 12.5 Å². The number of esters is 1. The van der Waals surface area contributed by atoms with Crippen molar-refractivity contribution in [2.75, 3.05) is 0 Å². The van der Waals surface area contributed by atoms with Crippen molar-refractivity contribution in [3.8, 4) is 0 Å². The molecule has 9 heteroatoms. The Hall–Kier alpha value is -1.31. The van der Waals surface area contributed by atoms with Crippen molar-refractivity contribution in [3.63, 3.8) is 0 Å². The van der Waals surface area contributed by atoms with Crippen LogP contribution in [0.4, 0.5) is 0 Å². The largest absolute Gasteiger partial charge is 0.460 e. The number of benzene rings is 2. The molecule has 0 amide bonds.